The summed E-state index contributed by atoms with van der Waals surface area (Å²) in [6.45, 7) is 14.2. The van der Waals surface area contributed by atoms with Crippen LogP contribution in [0.5, 0.6) is 0 Å². The van der Waals surface area contributed by atoms with Crippen LogP contribution in [0.2, 0.25) is 0 Å². The molecule has 0 atom stereocenters. The molecule has 0 saturated heterocycles. The number of unbranched alkanes of at least 4 members (excludes halogenated alkanes) is 3. The van der Waals surface area contributed by atoms with E-state index in [0.717, 1.165) is 5.92 Å². The molecule has 0 bridgehead atoms. The summed E-state index contributed by atoms with van der Waals surface area (Å²) in [4.78, 5) is 2.49. The molecule has 1 heteroatoms. The minimum absolute atomic E-state index is 0.484. The summed E-state index contributed by atoms with van der Waals surface area (Å²) in [5.74, 6) is 0.779. The van der Waals surface area contributed by atoms with E-state index in [1.165, 1.54) is 45.2 Å². The average Bonchev–Trinajstić information content (AvgIpc) is 2.10. The summed E-state index contributed by atoms with van der Waals surface area (Å²) in [6, 6.07) is 0. The highest BCUT2D eigenvalue weighted by molar-refractivity contribution is 4.73. The molecule has 0 aromatic heterocycles. The Morgan fingerprint density at radius 2 is 1.69 bits per heavy atom. The van der Waals surface area contributed by atoms with Crippen LogP contribution in [0.25, 0.3) is 0 Å². The van der Waals surface area contributed by atoms with Crippen LogP contribution in [0.15, 0.2) is 0 Å². The van der Waals surface area contributed by atoms with Crippen molar-refractivity contribution in [3.8, 4) is 0 Å². The van der Waals surface area contributed by atoms with E-state index in [-0.39, 0.29) is 0 Å². The van der Waals surface area contributed by atoms with Crippen LogP contribution in [0, 0.1) is 11.3 Å². The molecular formula is C15H33N. The minimum atomic E-state index is 0.484. The lowest BCUT2D eigenvalue weighted by atomic mass is 9.86. The van der Waals surface area contributed by atoms with Crippen LogP contribution in [-0.4, -0.2) is 25.0 Å². The number of hydrogen-bond donors (Lipinski definition) is 0. The van der Waals surface area contributed by atoms with Gasteiger partial charge in [0.15, 0.2) is 0 Å². The van der Waals surface area contributed by atoms with Gasteiger partial charge in [0, 0.05) is 13.1 Å². The van der Waals surface area contributed by atoms with E-state index >= 15 is 0 Å². The zero-order chi connectivity index (χ0) is 12.6. The largest absolute Gasteiger partial charge is 0.306 e. The van der Waals surface area contributed by atoms with Gasteiger partial charge in [0.1, 0.15) is 0 Å². The third kappa shape index (κ3) is 9.21. The molecule has 0 fully saturated rings. The Labute approximate surface area is 104 Å². The third-order valence-electron chi connectivity index (χ3n) is 3.08. The summed E-state index contributed by atoms with van der Waals surface area (Å²) in [6.07, 6.45) is 6.92. The van der Waals surface area contributed by atoms with E-state index in [0.29, 0.717) is 5.41 Å². The molecule has 16 heavy (non-hydrogen) atoms. The lowest BCUT2D eigenvalue weighted by molar-refractivity contribution is 0.180. The Morgan fingerprint density at radius 1 is 1.06 bits per heavy atom. The third-order valence-corrected chi connectivity index (χ3v) is 3.08. The van der Waals surface area contributed by atoms with Crippen LogP contribution in [0.4, 0.5) is 0 Å². The molecule has 0 aromatic rings. The van der Waals surface area contributed by atoms with Gasteiger partial charge in [0.25, 0.3) is 0 Å². The van der Waals surface area contributed by atoms with E-state index in [1.54, 1.807) is 0 Å². The molecule has 0 unspecified atom stereocenters. The fourth-order valence-corrected chi connectivity index (χ4v) is 2.53. The van der Waals surface area contributed by atoms with Gasteiger partial charge in [-0.05, 0) is 24.8 Å². The molecule has 98 valence electrons. The number of hydrogen-bond acceptors (Lipinski definition) is 1. The second-order valence-corrected chi connectivity index (χ2v) is 6.57. The zero-order valence-corrected chi connectivity index (χ0v) is 12.5. The highest BCUT2D eigenvalue weighted by atomic mass is 15.1. The molecule has 0 N–H and O–H groups in total. The van der Waals surface area contributed by atoms with Gasteiger partial charge >= 0.3 is 0 Å². The van der Waals surface area contributed by atoms with Crippen molar-refractivity contribution in [2.45, 2.75) is 66.7 Å². The van der Waals surface area contributed by atoms with Crippen molar-refractivity contribution in [3.63, 3.8) is 0 Å². The van der Waals surface area contributed by atoms with Gasteiger partial charge in [0.05, 0.1) is 0 Å². The van der Waals surface area contributed by atoms with E-state index in [4.69, 9.17) is 0 Å². The van der Waals surface area contributed by atoms with Crippen molar-refractivity contribution in [3.05, 3.63) is 0 Å². The van der Waals surface area contributed by atoms with Crippen molar-refractivity contribution in [1.82, 2.24) is 4.90 Å². The SMILES string of the molecule is CCCCCCC(C)(C)CN(C)CC(C)C. The molecule has 0 aliphatic carbocycles. The molecule has 0 heterocycles. The maximum absolute atomic E-state index is 2.49. The van der Waals surface area contributed by atoms with Crippen LogP contribution in [0.3, 0.4) is 0 Å². The monoisotopic (exact) mass is 227 g/mol. The Bertz CT molecular complexity index is 161. The zero-order valence-electron chi connectivity index (χ0n) is 12.5. The van der Waals surface area contributed by atoms with E-state index in [1.807, 2.05) is 0 Å². The standard InChI is InChI=1S/C15H33N/c1-7-8-9-10-11-15(4,5)13-16(6)12-14(2)3/h14H,7-13H2,1-6H3. The van der Waals surface area contributed by atoms with Gasteiger partial charge in [-0.25, -0.2) is 0 Å². The first-order chi connectivity index (χ1) is 7.37. The fraction of sp³-hybridized carbons (Fsp3) is 1.00. The van der Waals surface area contributed by atoms with Gasteiger partial charge in [-0.15, -0.1) is 0 Å². The van der Waals surface area contributed by atoms with Crippen LogP contribution >= 0.6 is 0 Å². The molecule has 0 aliphatic heterocycles. The first kappa shape index (κ1) is 16.0. The quantitative estimate of drug-likeness (QED) is 0.522. The highest BCUT2D eigenvalue weighted by Crippen LogP contribution is 2.25. The lowest BCUT2D eigenvalue weighted by Gasteiger charge is -2.31. The topological polar surface area (TPSA) is 3.24 Å². The second-order valence-electron chi connectivity index (χ2n) is 6.57. The molecule has 0 amide bonds. The van der Waals surface area contributed by atoms with Gasteiger partial charge < -0.3 is 4.90 Å². The minimum Gasteiger partial charge on any atom is -0.306 e. The molecule has 0 rings (SSSR count). The van der Waals surface area contributed by atoms with E-state index < -0.39 is 0 Å². The van der Waals surface area contributed by atoms with Gasteiger partial charge in [-0.3, -0.25) is 0 Å². The summed E-state index contributed by atoms with van der Waals surface area (Å²) >= 11 is 0. The first-order valence-electron chi connectivity index (χ1n) is 7.06. The molecular weight excluding hydrogens is 194 g/mol. The predicted octanol–water partition coefficient (Wildman–Crippen LogP) is 4.57. The highest BCUT2D eigenvalue weighted by Gasteiger charge is 2.19. The van der Waals surface area contributed by atoms with Crippen molar-refractivity contribution in [2.75, 3.05) is 20.1 Å². The first-order valence-corrected chi connectivity index (χ1v) is 7.06. The van der Waals surface area contributed by atoms with Crippen LogP contribution in [-0.2, 0) is 0 Å². The Balaban J connectivity index is 3.75. The van der Waals surface area contributed by atoms with E-state index in [2.05, 4.69) is 46.6 Å². The molecule has 0 aromatic carbocycles. The summed E-state index contributed by atoms with van der Waals surface area (Å²) in [7, 11) is 2.26. The summed E-state index contributed by atoms with van der Waals surface area (Å²) in [5, 5.41) is 0. The normalized spacial score (nSPS) is 12.8. The van der Waals surface area contributed by atoms with Gasteiger partial charge in [-0.1, -0.05) is 60.3 Å². The molecule has 0 spiro atoms. The average molecular weight is 227 g/mol. The maximum atomic E-state index is 2.49. The number of nitrogens with zero attached hydrogens (tertiary/aromatic N) is 1. The molecule has 0 saturated carbocycles. The van der Waals surface area contributed by atoms with Crippen molar-refractivity contribution >= 4 is 0 Å². The molecule has 0 aliphatic rings. The Morgan fingerprint density at radius 3 is 2.19 bits per heavy atom. The van der Waals surface area contributed by atoms with Gasteiger partial charge in [0.2, 0.25) is 0 Å². The fourth-order valence-electron chi connectivity index (χ4n) is 2.53. The van der Waals surface area contributed by atoms with Crippen LogP contribution < -0.4 is 0 Å². The summed E-state index contributed by atoms with van der Waals surface area (Å²) < 4.78 is 0. The van der Waals surface area contributed by atoms with Crippen molar-refractivity contribution in [1.29, 1.82) is 0 Å². The van der Waals surface area contributed by atoms with Crippen LogP contribution in [0.1, 0.15) is 66.7 Å². The smallest absolute Gasteiger partial charge is 0.00297 e. The molecule has 1 nitrogen and oxygen atoms in total. The van der Waals surface area contributed by atoms with E-state index in [9.17, 15) is 0 Å². The van der Waals surface area contributed by atoms with Crippen molar-refractivity contribution in [2.24, 2.45) is 11.3 Å². The second kappa shape index (κ2) is 8.11. The summed E-state index contributed by atoms with van der Waals surface area (Å²) in [5.41, 5.74) is 0.484. The van der Waals surface area contributed by atoms with Gasteiger partial charge in [-0.2, -0.15) is 0 Å². The Kier molecular flexibility index (Phi) is 8.09. The Hall–Kier alpha value is -0.0400. The number of rotatable bonds is 9. The van der Waals surface area contributed by atoms with Crippen molar-refractivity contribution < 1.29 is 0 Å². The molecule has 0 radical (unpaired) electrons. The predicted molar refractivity (Wildman–Crippen MR) is 74.9 cm³/mol. The maximum Gasteiger partial charge on any atom is 0.00297 e. The lowest BCUT2D eigenvalue weighted by Crippen LogP contribution is -2.33.